The molecule has 2 atom stereocenters. The highest BCUT2D eigenvalue weighted by atomic mass is 19.1. The maximum absolute atomic E-state index is 14.0. The Balaban J connectivity index is 1.63. The SMILES string of the molecule is CCC(O)(C1=NC(N)N(C)C(c2c[nH]c3ncc(-c4cnn(C)c4)nc23)=C1)c1cccc(F)c1. The first-order valence-corrected chi connectivity index (χ1v) is 10.9. The normalized spacial score (nSPS) is 18.1. The van der Waals surface area contributed by atoms with Crippen molar-refractivity contribution in [3.63, 3.8) is 0 Å². The largest absolute Gasteiger partial charge is 0.379 e. The molecule has 0 radical (unpaired) electrons. The Bertz CT molecular complexity index is 1440. The van der Waals surface area contributed by atoms with Crippen LogP contribution in [0.5, 0.6) is 0 Å². The van der Waals surface area contributed by atoms with Gasteiger partial charge in [0.25, 0.3) is 0 Å². The van der Waals surface area contributed by atoms with Crippen molar-refractivity contribution in [1.82, 2.24) is 29.6 Å². The van der Waals surface area contributed by atoms with Crippen molar-refractivity contribution < 1.29 is 9.50 Å². The second kappa shape index (κ2) is 8.15. The van der Waals surface area contributed by atoms with E-state index in [9.17, 15) is 9.50 Å². The number of aromatic nitrogens is 5. The minimum Gasteiger partial charge on any atom is -0.379 e. The van der Waals surface area contributed by atoms with E-state index in [-0.39, 0.29) is 6.42 Å². The standard InChI is InChI=1S/C24H25FN8O/c1-4-24(34,15-6-5-7-16(25)8-15)20-9-19(33(3)23(26)31-20)17-11-27-22-21(17)30-18(12-28-22)14-10-29-32(2)13-14/h5-13,23,34H,4,26H2,1-3H3,(H,27,28). The molecule has 0 spiro atoms. The molecule has 34 heavy (non-hydrogen) atoms. The molecule has 0 amide bonds. The number of nitrogens with two attached hydrogens (primary N) is 1. The first kappa shape index (κ1) is 21.9. The number of aliphatic hydroxyl groups is 1. The Morgan fingerprint density at radius 3 is 2.79 bits per heavy atom. The lowest BCUT2D eigenvalue weighted by molar-refractivity contribution is 0.106. The Hall–Kier alpha value is -3.89. The summed E-state index contributed by atoms with van der Waals surface area (Å²) in [6, 6.07) is 5.92. The third-order valence-electron chi connectivity index (χ3n) is 6.22. The van der Waals surface area contributed by atoms with Gasteiger partial charge < -0.3 is 15.0 Å². The lowest BCUT2D eigenvalue weighted by atomic mass is 9.84. The van der Waals surface area contributed by atoms with Gasteiger partial charge in [-0.2, -0.15) is 5.10 Å². The van der Waals surface area contributed by atoms with Crippen LogP contribution in [0.3, 0.4) is 0 Å². The number of hydrogen-bond acceptors (Lipinski definition) is 7. The quantitative estimate of drug-likeness (QED) is 0.421. The van der Waals surface area contributed by atoms with Gasteiger partial charge in [-0.1, -0.05) is 19.1 Å². The second-order valence-electron chi connectivity index (χ2n) is 8.35. The van der Waals surface area contributed by atoms with E-state index in [0.29, 0.717) is 33.8 Å². The summed E-state index contributed by atoms with van der Waals surface area (Å²) >= 11 is 0. The Morgan fingerprint density at radius 2 is 2.09 bits per heavy atom. The van der Waals surface area contributed by atoms with E-state index in [1.807, 2.05) is 33.4 Å². The van der Waals surface area contributed by atoms with Crippen LogP contribution in [-0.2, 0) is 12.6 Å². The minimum atomic E-state index is -1.51. The monoisotopic (exact) mass is 460 g/mol. The van der Waals surface area contributed by atoms with Gasteiger partial charge in [0.2, 0.25) is 0 Å². The number of fused-ring (bicyclic) bond motifs is 1. The van der Waals surface area contributed by atoms with Crippen molar-refractivity contribution in [2.24, 2.45) is 17.8 Å². The van der Waals surface area contributed by atoms with Crippen molar-refractivity contribution in [1.29, 1.82) is 0 Å². The van der Waals surface area contributed by atoms with E-state index < -0.39 is 17.7 Å². The molecule has 10 heteroatoms. The lowest BCUT2D eigenvalue weighted by Crippen LogP contribution is -2.44. The van der Waals surface area contributed by atoms with Crippen LogP contribution in [0.4, 0.5) is 4.39 Å². The molecule has 1 aliphatic heterocycles. The van der Waals surface area contributed by atoms with Gasteiger partial charge in [-0.05, 0) is 30.2 Å². The third kappa shape index (κ3) is 3.57. The predicted molar refractivity (Wildman–Crippen MR) is 128 cm³/mol. The number of aryl methyl sites for hydroxylation is 1. The summed E-state index contributed by atoms with van der Waals surface area (Å²) < 4.78 is 15.7. The van der Waals surface area contributed by atoms with E-state index in [4.69, 9.17) is 10.7 Å². The van der Waals surface area contributed by atoms with Gasteiger partial charge in [-0.25, -0.2) is 19.4 Å². The first-order valence-electron chi connectivity index (χ1n) is 10.9. The number of benzene rings is 1. The second-order valence-corrected chi connectivity index (χ2v) is 8.35. The van der Waals surface area contributed by atoms with Crippen molar-refractivity contribution in [3.05, 3.63) is 72.1 Å². The number of nitrogens with zero attached hydrogens (tertiary/aromatic N) is 6. The van der Waals surface area contributed by atoms with Gasteiger partial charge in [-0.15, -0.1) is 0 Å². The highest BCUT2D eigenvalue weighted by Gasteiger charge is 2.36. The summed E-state index contributed by atoms with van der Waals surface area (Å²) in [4.78, 5) is 18.8. The molecule has 0 saturated heterocycles. The van der Waals surface area contributed by atoms with Crippen molar-refractivity contribution >= 4 is 22.6 Å². The molecule has 0 saturated carbocycles. The minimum absolute atomic E-state index is 0.286. The zero-order valence-corrected chi connectivity index (χ0v) is 19.1. The molecule has 0 fully saturated rings. The molecule has 4 N–H and O–H groups in total. The van der Waals surface area contributed by atoms with E-state index >= 15 is 0 Å². The fourth-order valence-corrected chi connectivity index (χ4v) is 4.19. The number of aromatic amines is 1. The highest BCUT2D eigenvalue weighted by molar-refractivity contribution is 6.08. The average Bonchev–Trinajstić information content (AvgIpc) is 3.46. The number of H-pyrrole nitrogens is 1. The van der Waals surface area contributed by atoms with Crippen LogP contribution in [0.1, 0.15) is 24.5 Å². The molecule has 5 rings (SSSR count). The Morgan fingerprint density at radius 1 is 1.26 bits per heavy atom. The summed E-state index contributed by atoms with van der Waals surface area (Å²) in [7, 11) is 3.66. The maximum atomic E-state index is 14.0. The zero-order valence-electron chi connectivity index (χ0n) is 19.1. The van der Waals surface area contributed by atoms with Crippen LogP contribution in [0, 0.1) is 5.82 Å². The molecule has 174 valence electrons. The van der Waals surface area contributed by atoms with Crippen LogP contribution in [0.2, 0.25) is 0 Å². The maximum Gasteiger partial charge on any atom is 0.173 e. The summed E-state index contributed by atoms with van der Waals surface area (Å²) in [5.74, 6) is -0.429. The zero-order chi connectivity index (χ0) is 24.0. The van der Waals surface area contributed by atoms with Gasteiger partial charge in [0.05, 0.1) is 29.5 Å². The van der Waals surface area contributed by atoms with E-state index in [1.165, 1.54) is 12.1 Å². The van der Waals surface area contributed by atoms with Crippen LogP contribution in [0.15, 0.2) is 60.1 Å². The van der Waals surface area contributed by atoms with Crippen LogP contribution in [-0.4, -0.2) is 53.8 Å². The lowest BCUT2D eigenvalue weighted by Gasteiger charge is -2.36. The summed E-state index contributed by atoms with van der Waals surface area (Å²) in [5.41, 5.74) is 9.88. The van der Waals surface area contributed by atoms with E-state index in [2.05, 4.69) is 20.1 Å². The molecule has 0 bridgehead atoms. The molecule has 1 aliphatic rings. The van der Waals surface area contributed by atoms with Gasteiger partial charge >= 0.3 is 0 Å². The predicted octanol–water partition coefficient (Wildman–Crippen LogP) is 2.76. The molecule has 1 aromatic carbocycles. The van der Waals surface area contributed by atoms with Crippen LogP contribution in [0.25, 0.3) is 28.1 Å². The van der Waals surface area contributed by atoms with Crippen molar-refractivity contribution in [3.8, 4) is 11.3 Å². The summed E-state index contributed by atoms with van der Waals surface area (Å²) in [6.45, 7) is 1.82. The van der Waals surface area contributed by atoms with Crippen LogP contribution >= 0.6 is 0 Å². The molecule has 0 aliphatic carbocycles. The van der Waals surface area contributed by atoms with Crippen molar-refractivity contribution in [2.45, 2.75) is 25.2 Å². The molecule has 9 nitrogen and oxygen atoms in total. The number of hydrogen-bond donors (Lipinski definition) is 3. The Kier molecular flexibility index (Phi) is 5.26. The Labute approximate surface area is 195 Å². The highest BCUT2D eigenvalue weighted by Crippen LogP contribution is 2.35. The number of nitrogens with one attached hydrogen (secondary N) is 1. The first-order chi connectivity index (χ1) is 16.3. The van der Waals surface area contributed by atoms with Gasteiger partial charge in [0.1, 0.15) is 16.9 Å². The summed E-state index contributed by atoms with van der Waals surface area (Å²) in [6.07, 6.45) is 8.42. The third-order valence-corrected chi connectivity index (χ3v) is 6.22. The number of halogens is 1. The van der Waals surface area contributed by atoms with E-state index in [0.717, 1.165) is 11.1 Å². The topological polar surface area (TPSA) is 121 Å². The van der Waals surface area contributed by atoms with Gasteiger partial charge in [0, 0.05) is 37.6 Å². The van der Waals surface area contributed by atoms with E-state index in [1.54, 1.807) is 40.2 Å². The molecule has 4 heterocycles. The molecular weight excluding hydrogens is 435 g/mol. The van der Waals surface area contributed by atoms with Crippen LogP contribution < -0.4 is 5.73 Å². The average molecular weight is 461 g/mol. The smallest absolute Gasteiger partial charge is 0.173 e. The van der Waals surface area contributed by atoms with Gasteiger partial charge in [0.15, 0.2) is 11.9 Å². The fourth-order valence-electron chi connectivity index (χ4n) is 4.19. The molecule has 4 aromatic rings. The van der Waals surface area contributed by atoms with Crippen molar-refractivity contribution in [2.75, 3.05) is 7.05 Å². The number of rotatable bonds is 5. The number of aliphatic imine (C=N–C) groups is 1. The molecule has 2 unspecified atom stereocenters. The van der Waals surface area contributed by atoms with Gasteiger partial charge in [-0.3, -0.25) is 10.4 Å². The molecule has 3 aromatic heterocycles. The fraction of sp³-hybridized carbons (Fsp3) is 0.250. The summed E-state index contributed by atoms with van der Waals surface area (Å²) in [5, 5.41) is 15.8. The molecular formula is C24H25FN8O.